The first-order chi connectivity index (χ1) is 9.70. The molecule has 0 bridgehead atoms. The van der Waals surface area contributed by atoms with E-state index < -0.39 is 0 Å². The van der Waals surface area contributed by atoms with Crippen molar-refractivity contribution >= 4 is 15.9 Å². The molecule has 0 aliphatic carbocycles. The molecule has 1 heterocycles. The van der Waals surface area contributed by atoms with E-state index in [1.165, 1.54) is 0 Å². The van der Waals surface area contributed by atoms with Gasteiger partial charge in [-0.3, -0.25) is 0 Å². The van der Waals surface area contributed by atoms with Gasteiger partial charge in [-0.1, -0.05) is 41.1 Å². The third-order valence-electron chi connectivity index (χ3n) is 3.07. The van der Waals surface area contributed by atoms with Gasteiger partial charge in [0.15, 0.2) is 0 Å². The van der Waals surface area contributed by atoms with Gasteiger partial charge >= 0.3 is 0 Å². The SMILES string of the molecule is CCNC(C)c1cccnc1OCc1ccc(Br)cc1. The lowest BCUT2D eigenvalue weighted by Crippen LogP contribution is -2.18. The molecule has 1 atom stereocenters. The van der Waals surface area contributed by atoms with Crippen molar-refractivity contribution in [1.29, 1.82) is 0 Å². The Balaban J connectivity index is 2.07. The average molecular weight is 335 g/mol. The lowest BCUT2D eigenvalue weighted by Gasteiger charge is -2.16. The number of aromatic nitrogens is 1. The first-order valence-corrected chi connectivity index (χ1v) is 7.55. The molecule has 0 aliphatic heterocycles. The zero-order valence-corrected chi connectivity index (χ0v) is 13.4. The van der Waals surface area contributed by atoms with E-state index in [1.807, 2.05) is 30.3 Å². The lowest BCUT2D eigenvalue weighted by molar-refractivity contribution is 0.287. The maximum Gasteiger partial charge on any atom is 0.218 e. The Bertz CT molecular complexity index is 542. The van der Waals surface area contributed by atoms with Crippen LogP contribution in [-0.4, -0.2) is 11.5 Å². The molecule has 1 aromatic heterocycles. The zero-order valence-electron chi connectivity index (χ0n) is 11.8. The molecule has 0 fully saturated rings. The highest BCUT2D eigenvalue weighted by atomic mass is 79.9. The molecular weight excluding hydrogens is 316 g/mol. The van der Waals surface area contributed by atoms with Crippen LogP contribution in [0.25, 0.3) is 0 Å². The van der Waals surface area contributed by atoms with Gasteiger partial charge in [0.25, 0.3) is 0 Å². The summed E-state index contributed by atoms with van der Waals surface area (Å²) >= 11 is 3.43. The number of halogens is 1. The van der Waals surface area contributed by atoms with E-state index in [2.05, 4.69) is 46.1 Å². The van der Waals surface area contributed by atoms with Crippen LogP contribution in [0.15, 0.2) is 47.1 Å². The summed E-state index contributed by atoms with van der Waals surface area (Å²) in [5.41, 5.74) is 2.22. The largest absolute Gasteiger partial charge is 0.473 e. The van der Waals surface area contributed by atoms with Gasteiger partial charge in [-0.15, -0.1) is 0 Å². The van der Waals surface area contributed by atoms with E-state index in [1.54, 1.807) is 6.20 Å². The van der Waals surface area contributed by atoms with E-state index in [9.17, 15) is 0 Å². The predicted molar refractivity (Wildman–Crippen MR) is 84.8 cm³/mol. The fraction of sp³-hybridized carbons (Fsp3) is 0.312. The number of ether oxygens (including phenoxy) is 1. The van der Waals surface area contributed by atoms with E-state index in [0.717, 1.165) is 22.1 Å². The first kappa shape index (κ1) is 15.0. The fourth-order valence-electron chi connectivity index (χ4n) is 2.00. The maximum absolute atomic E-state index is 5.86. The summed E-state index contributed by atoms with van der Waals surface area (Å²) in [6, 6.07) is 12.3. The van der Waals surface area contributed by atoms with Crippen LogP contribution in [0.2, 0.25) is 0 Å². The number of nitrogens with one attached hydrogen (secondary N) is 1. The van der Waals surface area contributed by atoms with Crippen molar-refractivity contribution in [3.8, 4) is 5.88 Å². The molecule has 1 aromatic carbocycles. The highest BCUT2D eigenvalue weighted by Gasteiger charge is 2.11. The highest BCUT2D eigenvalue weighted by Crippen LogP contribution is 2.23. The number of rotatable bonds is 6. The van der Waals surface area contributed by atoms with Crippen LogP contribution in [0.5, 0.6) is 5.88 Å². The van der Waals surface area contributed by atoms with Gasteiger partial charge in [0.2, 0.25) is 5.88 Å². The summed E-state index contributed by atoms with van der Waals surface area (Å²) in [7, 11) is 0. The molecule has 3 nitrogen and oxygen atoms in total. The van der Waals surface area contributed by atoms with Crippen LogP contribution in [-0.2, 0) is 6.61 Å². The standard InChI is InChI=1S/C16H19BrN2O/c1-3-18-12(2)15-5-4-10-19-16(15)20-11-13-6-8-14(17)9-7-13/h4-10,12,18H,3,11H2,1-2H3. The third kappa shape index (κ3) is 4.05. The van der Waals surface area contributed by atoms with Crippen molar-refractivity contribution in [3.63, 3.8) is 0 Å². The molecule has 1 N–H and O–H groups in total. The average Bonchev–Trinajstić information content (AvgIpc) is 2.47. The molecule has 0 radical (unpaired) electrons. The lowest BCUT2D eigenvalue weighted by atomic mass is 10.1. The smallest absolute Gasteiger partial charge is 0.218 e. The zero-order chi connectivity index (χ0) is 14.4. The Morgan fingerprint density at radius 1 is 1.25 bits per heavy atom. The quantitative estimate of drug-likeness (QED) is 0.863. The van der Waals surface area contributed by atoms with Gasteiger partial charge in [0.05, 0.1) is 0 Å². The predicted octanol–water partition coefficient (Wildman–Crippen LogP) is 4.09. The van der Waals surface area contributed by atoms with Crippen molar-refractivity contribution in [2.45, 2.75) is 26.5 Å². The second-order valence-electron chi connectivity index (χ2n) is 4.59. The monoisotopic (exact) mass is 334 g/mol. The molecule has 0 saturated heterocycles. The van der Waals surface area contributed by atoms with E-state index in [-0.39, 0.29) is 6.04 Å². The Morgan fingerprint density at radius 2 is 2.00 bits per heavy atom. The van der Waals surface area contributed by atoms with Crippen molar-refractivity contribution < 1.29 is 4.74 Å². The van der Waals surface area contributed by atoms with Gasteiger partial charge in [-0.2, -0.15) is 0 Å². The molecule has 2 rings (SSSR count). The highest BCUT2D eigenvalue weighted by molar-refractivity contribution is 9.10. The van der Waals surface area contributed by atoms with Crippen molar-refractivity contribution in [2.24, 2.45) is 0 Å². The molecular formula is C16H19BrN2O. The van der Waals surface area contributed by atoms with Gasteiger partial charge < -0.3 is 10.1 Å². The second-order valence-corrected chi connectivity index (χ2v) is 5.51. The minimum atomic E-state index is 0.230. The summed E-state index contributed by atoms with van der Waals surface area (Å²) in [6.07, 6.45) is 1.76. The van der Waals surface area contributed by atoms with Crippen molar-refractivity contribution in [2.75, 3.05) is 6.54 Å². The maximum atomic E-state index is 5.86. The van der Waals surface area contributed by atoms with Gasteiger partial charge in [-0.05, 0) is 37.2 Å². The molecule has 0 amide bonds. The van der Waals surface area contributed by atoms with Crippen LogP contribution < -0.4 is 10.1 Å². The summed E-state index contributed by atoms with van der Waals surface area (Å²) in [6.45, 7) is 5.65. The van der Waals surface area contributed by atoms with E-state index >= 15 is 0 Å². The van der Waals surface area contributed by atoms with Crippen LogP contribution in [0.4, 0.5) is 0 Å². The summed E-state index contributed by atoms with van der Waals surface area (Å²) in [4.78, 5) is 4.34. The number of nitrogens with zero attached hydrogens (tertiary/aromatic N) is 1. The Kier molecular flexibility index (Phi) is 5.56. The van der Waals surface area contributed by atoms with E-state index in [4.69, 9.17) is 4.74 Å². The van der Waals surface area contributed by atoms with Crippen molar-refractivity contribution in [1.82, 2.24) is 10.3 Å². The summed E-state index contributed by atoms with van der Waals surface area (Å²) in [5.74, 6) is 0.698. The molecule has 106 valence electrons. The van der Waals surface area contributed by atoms with Gasteiger partial charge in [0, 0.05) is 22.3 Å². The molecule has 0 aliphatic rings. The van der Waals surface area contributed by atoms with Crippen LogP contribution in [0.1, 0.15) is 31.0 Å². The normalized spacial score (nSPS) is 12.2. The Labute approximate surface area is 128 Å². The number of benzene rings is 1. The van der Waals surface area contributed by atoms with Crippen molar-refractivity contribution in [3.05, 3.63) is 58.2 Å². The Morgan fingerprint density at radius 3 is 2.70 bits per heavy atom. The molecule has 20 heavy (non-hydrogen) atoms. The molecule has 0 saturated carbocycles. The minimum Gasteiger partial charge on any atom is -0.473 e. The molecule has 4 heteroatoms. The fourth-order valence-corrected chi connectivity index (χ4v) is 2.27. The number of hydrogen-bond acceptors (Lipinski definition) is 3. The van der Waals surface area contributed by atoms with Gasteiger partial charge in [-0.25, -0.2) is 4.98 Å². The van der Waals surface area contributed by atoms with Gasteiger partial charge in [0.1, 0.15) is 6.61 Å². The molecule has 1 unspecified atom stereocenters. The number of hydrogen-bond donors (Lipinski definition) is 1. The minimum absolute atomic E-state index is 0.230. The summed E-state index contributed by atoms with van der Waals surface area (Å²) in [5, 5.41) is 3.38. The molecule has 0 spiro atoms. The van der Waals surface area contributed by atoms with Crippen LogP contribution >= 0.6 is 15.9 Å². The topological polar surface area (TPSA) is 34.2 Å². The molecule has 2 aromatic rings. The van der Waals surface area contributed by atoms with Crippen LogP contribution in [0, 0.1) is 0 Å². The van der Waals surface area contributed by atoms with Crippen LogP contribution in [0.3, 0.4) is 0 Å². The third-order valence-corrected chi connectivity index (χ3v) is 3.59. The summed E-state index contributed by atoms with van der Waals surface area (Å²) < 4.78 is 6.93. The first-order valence-electron chi connectivity index (χ1n) is 6.76. The second kappa shape index (κ2) is 7.41. The number of pyridine rings is 1. The van der Waals surface area contributed by atoms with E-state index in [0.29, 0.717) is 12.5 Å². The Hall–Kier alpha value is -1.39.